The summed E-state index contributed by atoms with van der Waals surface area (Å²) in [6.07, 6.45) is 0. The minimum atomic E-state index is -1.22. The zero-order valence-corrected chi connectivity index (χ0v) is 14.4. The molecule has 0 aliphatic carbocycles. The summed E-state index contributed by atoms with van der Waals surface area (Å²) in [4.78, 5) is 38.1. The Kier molecular flexibility index (Phi) is 4.46. The normalized spacial score (nSPS) is 19.4. The van der Waals surface area contributed by atoms with Crippen molar-refractivity contribution in [3.8, 4) is 0 Å². The smallest absolute Gasteiger partial charge is 0.324 e. The number of carbonyl (C=O) groups excluding carboxylic acids is 3. The monoisotopic (exact) mass is 355 g/mol. The highest BCUT2D eigenvalue weighted by atomic mass is 19.1. The maximum atomic E-state index is 13.1. The zero-order chi connectivity index (χ0) is 18.9. The average Bonchev–Trinajstić information content (AvgIpc) is 2.82. The molecule has 0 bridgehead atoms. The minimum Gasteiger partial charge on any atom is -0.324 e. The number of nitrogens with one attached hydrogen (secondary N) is 2. The number of halogens is 1. The van der Waals surface area contributed by atoms with Crippen molar-refractivity contribution < 1.29 is 18.8 Å². The fourth-order valence-corrected chi connectivity index (χ4v) is 2.91. The number of benzene rings is 2. The van der Waals surface area contributed by atoms with Crippen LogP contribution in [-0.2, 0) is 15.1 Å². The second-order valence-corrected chi connectivity index (χ2v) is 6.32. The van der Waals surface area contributed by atoms with E-state index in [9.17, 15) is 18.8 Å². The van der Waals surface area contributed by atoms with Crippen molar-refractivity contribution >= 4 is 23.5 Å². The number of hydrogen-bond acceptors (Lipinski definition) is 3. The first-order chi connectivity index (χ1) is 12.3. The van der Waals surface area contributed by atoms with E-state index in [1.54, 1.807) is 38.1 Å². The van der Waals surface area contributed by atoms with Crippen molar-refractivity contribution in [3.05, 3.63) is 65.5 Å². The Hall–Kier alpha value is -3.22. The number of carbonyl (C=O) groups is 3. The Bertz CT molecular complexity index is 885. The van der Waals surface area contributed by atoms with Gasteiger partial charge in [0.05, 0.1) is 0 Å². The van der Waals surface area contributed by atoms with E-state index in [-0.39, 0.29) is 0 Å². The van der Waals surface area contributed by atoms with Gasteiger partial charge < -0.3 is 10.6 Å². The lowest BCUT2D eigenvalue weighted by Gasteiger charge is -2.22. The van der Waals surface area contributed by atoms with E-state index in [1.807, 2.05) is 6.07 Å². The van der Waals surface area contributed by atoms with Crippen LogP contribution >= 0.6 is 0 Å². The van der Waals surface area contributed by atoms with Gasteiger partial charge >= 0.3 is 6.03 Å². The molecule has 1 heterocycles. The Labute approximate surface area is 150 Å². The third-order valence-electron chi connectivity index (χ3n) is 4.39. The Balaban J connectivity index is 1.74. The summed E-state index contributed by atoms with van der Waals surface area (Å²) in [7, 11) is 0. The van der Waals surface area contributed by atoms with Crippen molar-refractivity contribution in [2.24, 2.45) is 0 Å². The third kappa shape index (κ3) is 3.15. The molecule has 1 aliphatic heterocycles. The molecule has 7 heteroatoms. The maximum Gasteiger partial charge on any atom is 0.325 e. The number of amides is 4. The molecule has 1 atom stereocenters. The first kappa shape index (κ1) is 17.6. The molecular weight excluding hydrogens is 337 g/mol. The molecule has 134 valence electrons. The van der Waals surface area contributed by atoms with Crippen LogP contribution in [-0.4, -0.2) is 29.3 Å². The van der Waals surface area contributed by atoms with Crippen LogP contribution in [0.2, 0.25) is 0 Å². The molecule has 1 unspecified atom stereocenters. The van der Waals surface area contributed by atoms with E-state index in [1.165, 1.54) is 18.2 Å². The minimum absolute atomic E-state index is 0.409. The lowest BCUT2D eigenvalue weighted by atomic mass is 9.92. The summed E-state index contributed by atoms with van der Waals surface area (Å²) in [5.74, 6) is -1.45. The first-order valence-electron chi connectivity index (χ1n) is 8.07. The van der Waals surface area contributed by atoms with Crippen LogP contribution in [0, 0.1) is 12.7 Å². The van der Waals surface area contributed by atoms with E-state index < -0.39 is 35.7 Å². The molecule has 4 amide bonds. The quantitative estimate of drug-likeness (QED) is 0.828. The lowest BCUT2D eigenvalue weighted by Crippen LogP contribution is -2.42. The molecule has 0 aromatic heterocycles. The number of nitrogens with zero attached hydrogens (tertiary/aromatic N) is 1. The predicted molar refractivity (Wildman–Crippen MR) is 93.8 cm³/mol. The molecule has 1 fully saturated rings. The molecule has 3 rings (SSSR count). The van der Waals surface area contributed by atoms with E-state index in [0.29, 0.717) is 16.8 Å². The van der Waals surface area contributed by atoms with Gasteiger partial charge in [0.25, 0.3) is 5.91 Å². The summed E-state index contributed by atoms with van der Waals surface area (Å²) in [6, 6.07) is 12.1. The van der Waals surface area contributed by atoms with E-state index in [0.717, 1.165) is 4.90 Å². The molecule has 0 saturated carbocycles. The molecule has 6 nitrogen and oxygen atoms in total. The molecule has 2 N–H and O–H groups in total. The standard InChI is InChI=1S/C19H18FN3O3/c1-12-10-14(20)8-9-15(12)21-16(24)11-23-17(25)19(2,22-18(23)26)13-6-4-3-5-7-13/h3-10H,11H2,1-2H3,(H,21,24)(H,22,26). The van der Waals surface area contributed by atoms with E-state index in [4.69, 9.17) is 0 Å². The number of hydrogen-bond donors (Lipinski definition) is 2. The molecule has 2 aromatic carbocycles. The van der Waals surface area contributed by atoms with Gasteiger partial charge in [-0.15, -0.1) is 0 Å². The van der Waals surface area contributed by atoms with Gasteiger partial charge in [0, 0.05) is 5.69 Å². The van der Waals surface area contributed by atoms with E-state index >= 15 is 0 Å². The summed E-state index contributed by atoms with van der Waals surface area (Å²) < 4.78 is 13.1. The molecule has 2 aromatic rings. The number of rotatable bonds is 4. The van der Waals surface area contributed by atoms with Crippen LogP contribution < -0.4 is 10.6 Å². The number of aryl methyl sites for hydroxylation is 1. The van der Waals surface area contributed by atoms with Crippen molar-refractivity contribution in [1.82, 2.24) is 10.2 Å². The van der Waals surface area contributed by atoms with Gasteiger partial charge in [0.15, 0.2) is 0 Å². The van der Waals surface area contributed by atoms with Gasteiger partial charge in [-0.25, -0.2) is 9.18 Å². The largest absolute Gasteiger partial charge is 0.325 e. The van der Waals surface area contributed by atoms with Crippen LogP contribution in [0.3, 0.4) is 0 Å². The topological polar surface area (TPSA) is 78.5 Å². The van der Waals surface area contributed by atoms with Gasteiger partial charge in [0.2, 0.25) is 5.91 Å². The van der Waals surface area contributed by atoms with Gasteiger partial charge in [-0.3, -0.25) is 14.5 Å². The summed E-state index contributed by atoms with van der Waals surface area (Å²) in [6.45, 7) is 2.83. The molecular formula is C19H18FN3O3. The van der Waals surface area contributed by atoms with Crippen LogP contribution in [0.25, 0.3) is 0 Å². The predicted octanol–water partition coefficient (Wildman–Crippen LogP) is 2.54. The Morgan fingerprint density at radius 3 is 2.54 bits per heavy atom. The molecule has 26 heavy (non-hydrogen) atoms. The zero-order valence-electron chi connectivity index (χ0n) is 14.4. The number of imide groups is 1. The number of anilines is 1. The molecule has 1 aliphatic rings. The van der Waals surface area contributed by atoms with Crippen LogP contribution in [0.4, 0.5) is 14.9 Å². The summed E-state index contributed by atoms with van der Waals surface area (Å²) >= 11 is 0. The average molecular weight is 355 g/mol. The molecule has 1 saturated heterocycles. The van der Waals surface area contributed by atoms with Gasteiger partial charge in [-0.1, -0.05) is 30.3 Å². The second-order valence-electron chi connectivity index (χ2n) is 6.32. The van der Waals surface area contributed by atoms with Crippen LogP contribution in [0.15, 0.2) is 48.5 Å². The highest BCUT2D eigenvalue weighted by Gasteiger charge is 2.49. The third-order valence-corrected chi connectivity index (χ3v) is 4.39. The highest BCUT2D eigenvalue weighted by Crippen LogP contribution is 2.28. The SMILES string of the molecule is Cc1cc(F)ccc1NC(=O)CN1C(=O)NC(C)(c2ccccc2)C1=O. The number of urea groups is 1. The van der Waals surface area contributed by atoms with Gasteiger partial charge in [-0.2, -0.15) is 0 Å². The molecule has 0 spiro atoms. The summed E-state index contributed by atoms with van der Waals surface area (Å²) in [5, 5.41) is 5.24. The fourth-order valence-electron chi connectivity index (χ4n) is 2.91. The van der Waals surface area contributed by atoms with Gasteiger partial charge in [0.1, 0.15) is 17.9 Å². The Morgan fingerprint density at radius 2 is 1.88 bits per heavy atom. The lowest BCUT2D eigenvalue weighted by molar-refractivity contribution is -0.133. The molecule has 0 radical (unpaired) electrons. The van der Waals surface area contributed by atoms with Crippen molar-refractivity contribution in [3.63, 3.8) is 0 Å². The van der Waals surface area contributed by atoms with E-state index in [2.05, 4.69) is 10.6 Å². The van der Waals surface area contributed by atoms with Crippen LogP contribution in [0.5, 0.6) is 0 Å². The van der Waals surface area contributed by atoms with Crippen LogP contribution in [0.1, 0.15) is 18.1 Å². The Morgan fingerprint density at radius 1 is 1.19 bits per heavy atom. The highest BCUT2D eigenvalue weighted by molar-refractivity contribution is 6.10. The first-order valence-corrected chi connectivity index (χ1v) is 8.07. The van der Waals surface area contributed by atoms with Crippen molar-refractivity contribution in [2.75, 3.05) is 11.9 Å². The maximum absolute atomic E-state index is 13.1. The van der Waals surface area contributed by atoms with Gasteiger partial charge in [-0.05, 0) is 43.2 Å². The second kappa shape index (κ2) is 6.59. The fraction of sp³-hybridized carbons (Fsp3) is 0.211. The summed E-state index contributed by atoms with van der Waals surface area (Å²) in [5.41, 5.74) is 0.388. The van der Waals surface area contributed by atoms with Crippen molar-refractivity contribution in [1.29, 1.82) is 0 Å². The van der Waals surface area contributed by atoms with Crippen molar-refractivity contribution in [2.45, 2.75) is 19.4 Å².